The molecule has 3 aliphatic rings. The van der Waals surface area contributed by atoms with Crippen molar-refractivity contribution in [3.05, 3.63) is 41.5 Å². The van der Waals surface area contributed by atoms with Gasteiger partial charge >= 0.3 is 0 Å². The van der Waals surface area contributed by atoms with Gasteiger partial charge in [-0.25, -0.2) is 0 Å². The molecule has 4 rings (SSSR count). The van der Waals surface area contributed by atoms with Crippen molar-refractivity contribution < 1.29 is 9.53 Å². The summed E-state index contributed by atoms with van der Waals surface area (Å²) in [4.78, 5) is 17.4. The molecular formula is C21H28N2O2. The summed E-state index contributed by atoms with van der Waals surface area (Å²) < 4.78 is 5.56. The Bertz CT molecular complexity index is 689. The third-order valence-corrected chi connectivity index (χ3v) is 6.70. The van der Waals surface area contributed by atoms with E-state index in [9.17, 15) is 4.79 Å². The van der Waals surface area contributed by atoms with Gasteiger partial charge < -0.3 is 9.53 Å². The van der Waals surface area contributed by atoms with E-state index in [1.54, 1.807) is 7.11 Å². The third-order valence-electron chi connectivity index (χ3n) is 6.70. The molecule has 1 aromatic rings. The molecule has 2 aliphatic heterocycles. The van der Waals surface area contributed by atoms with Crippen molar-refractivity contribution in [2.24, 2.45) is 0 Å². The lowest BCUT2D eigenvalue weighted by Gasteiger charge is -2.45. The highest BCUT2D eigenvalue weighted by molar-refractivity contribution is 5.78. The summed E-state index contributed by atoms with van der Waals surface area (Å²) in [5.74, 6) is 0.878. The van der Waals surface area contributed by atoms with Crippen LogP contribution in [0.15, 0.2) is 30.3 Å². The molecule has 0 N–H and O–H groups in total. The molecule has 1 atom stereocenters. The number of hydrogen-bond acceptors (Lipinski definition) is 4. The van der Waals surface area contributed by atoms with Crippen LogP contribution < -0.4 is 0 Å². The lowest BCUT2D eigenvalue weighted by atomic mass is 9.78. The van der Waals surface area contributed by atoms with Gasteiger partial charge in [-0.3, -0.25) is 9.80 Å². The summed E-state index contributed by atoms with van der Waals surface area (Å²) in [7, 11) is 3.83. The van der Waals surface area contributed by atoms with E-state index >= 15 is 0 Å². The molecule has 1 aromatic carbocycles. The fourth-order valence-electron chi connectivity index (χ4n) is 5.37. The average Bonchev–Trinajstić information content (AvgIpc) is 3.20. The molecule has 2 fully saturated rings. The summed E-state index contributed by atoms with van der Waals surface area (Å²) in [6.07, 6.45) is 8.98. The molecule has 0 saturated carbocycles. The summed E-state index contributed by atoms with van der Waals surface area (Å²) >= 11 is 0. The molecule has 0 amide bonds. The topological polar surface area (TPSA) is 32.8 Å². The van der Waals surface area contributed by atoms with Gasteiger partial charge in [0.05, 0.1) is 7.11 Å². The van der Waals surface area contributed by atoms with Gasteiger partial charge in [0, 0.05) is 17.6 Å². The number of fused-ring (bicyclic) bond motifs is 2. The molecule has 4 nitrogen and oxygen atoms in total. The maximum absolute atomic E-state index is 12.4. The van der Waals surface area contributed by atoms with E-state index in [-0.39, 0.29) is 5.54 Å². The van der Waals surface area contributed by atoms with E-state index in [1.165, 1.54) is 38.8 Å². The van der Waals surface area contributed by atoms with Crippen molar-refractivity contribution in [2.75, 3.05) is 33.8 Å². The van der Waals surface area contributed by atoms with Gasteiger partial charge in [0.1, 0.15) is 17.6 Å². The summed E-state index contributed by atoms with van der Waals surface area (Å²) in [5, 5.41) is 0. The van der Waals surface area contributed by atoms with Gasteiger partial charge in [-0.15, -0.1) is 0 Å². The quantitative estimate of drug-likeness (QED) is 0.772. The highest BCUT2D eigenvalue weighted by Gasteiger charge is 2.49. The number of rotatable bonds is 5. The Labute approximate surface area is 150 Å². The van der Waals surface area contributed by atoms with Crippen LogP contribution in [0.5, 0.6) is 0 Å². The van der Waals surface area contributed by atoms with E-state index in [4.69, 9.17) is 4.74 Å². The van der Waals surface area contributed by atoms with Gasteiger partial charge in [0.15, 0.2) is 0 Å². The van der Waals surface area contributed by atoms with E-state index in [2.05, 4.69) is 35.1 Å². The van der Waals surface area contributed by atoms with Crippen LogP contribution in [0.4, 0.5) is 0 Å². The van der Waals surface area contributed by atoms with Crippen LogP contribution in [0.25, 0.3) is 5.76 Å². The zero-order chi connectivity index (χ0) is 17.5. The van der Waals surface area contributed by atoms with Crippen LogP contribution in [-0.4, -0.2) is 55.4 Å². The van der Waals surface area contributed by atoms with Gasteiger partial charge in [-0.1, -0.05) is 24.3 Å². The second-order valence-electron chi connectivity index (χ2n) is 7.84. The van der Waals surface area contributed by atoms with E-state index in [1.807, 2.05) is 12.1 Å². The second kappa shape index (κ2) is 6.26. The predicted octanol–water partition coefficient (Wildman–Crippen LogP) is 3.03. The molecule has 1 unspecified atom stereocenters. The smallest absolute Gasteiger partial charge is 0.145 e. The Morgan fingerprint density at radius 1 is 1.24 bits per heavy atom. The number of aldehydes is 1. The maximum atomic E-state index is 12.4. The van der Waals surface area contributed by atoms with Crippen molar-refractivity contribution >= 4 is 12.0 Å². The number of hydrogen-bond donors (Lipinski definition) is 0. The van der Waals surface area contributed by atoms with Crippen molar-refractivity contribution in [1.29, 1.82) is 0 Å². The van der Waals surface area contributed by atoms with Crippen LogP contribution >= 0.6 is 0 Å². The van der Waals surface area contributed by atoms with Crippen LogP contribution in [0.1, 0.15) is 43.2 Å². The predicted molar refractivity (Wildman–Crippen MR) is 99.2 cm³/mol. The highest BCUT2D eigenvalue weighted by atomic mass is 16.5. The molecule has 1 aliphatic carbocycles. The van der Waals surface area contributed by atoms with Gasteiger partial charge in [0.25, 0.3) is 0 Å². The van der Waals surface area contributed by atoms with Crippen LogP contribution in [0.3, 0.4) is 0 Å². The maximum Gasteiger partial charge on any atom is 0.145 e. The minimum atomic E-state index is -0.593. The van der Waals surface area contributed by atoms with E-state index < -0.39 is 5.54 Å². The molecule has 134 valence electrons. The van der Waals surface area contributed by atoms with Gasteiger partial charge in [0.2, 0.25) is 0 Å². The Balaban J connectivity index is 1.70. The summed E-state index contributed by atoms with van der Waals surface area (Å²) in [6, 6.07) is 8.19. The minimum Gasteiger partial charge on any atom is -0.496 e. The number of ether oxygens (including phenoxy) is 1. The van der Waals surface area contributed by atoms with Crippen LogP contribution in [-0.2, 0) is 15.1 Å². The Kier molecular flexibility index (Phi) is 4.20. The fraction of sp³-hybridized carbons (Fsp3) is 0.571. The molecular weight excluding hydrogens is 312 g/mol. The lowest BCUT2D eigenvalue weighted by molar-refractivity contribution is -0.119. The molecule has 0 radical (unpaired) electrons. The average molecular weight is 340 g/mol. The number of nitrogens with zero attached hydrogens (tertiary/aromatic N) is 2. The number of benzene rings is 1. The van der Waals surface area contributed by atoms with Crippen LogP contribution in [0, 0.1) is 0 Å². The van der Waals surface area contributed by atoms with Gasteiger partial charge in [-0.05, 0) is 63.9 Å². The summed E-state index contributed by atoms with van der Waals surface area (Å²) in [6.45, 7) is 3.38. The zero-order valence-electron chi connectivity index (χ0n) is 15.3. The van der Waals surface area contributed by atoms with Gasteiger partial charge in [-0.2, -0.15) is 0 Å². The highest BCUT2D eigenvalue weighted by Crippen LogP contribution is 2.44. The molecule has 0 spiro atoms. The minimum absolute atomic E-state index is 0.269. The van der Waals surface area contributed by atoms with E-state index in [0.717, 1.165) is 29.7 Å². The largest absolute Gasteiger partial charge is 0.496 e. The fourth-order valence-corrected chi connectivity index (χ4v) is 5.37. The van der Waals surface area contributed by atoms with Crippen molar-refractivity contribution in [3.8, 4) is 0 Å². The number of methoxy groups -OCH3 is 1. The molecule has 0 aromatic heterocycles. The van der Waals surface area contributed by atoms with Crippen molar-refractivity contribution in [1.82, 2.24) is 9.80 Å². The standard InChI is InChI=1S/C21H28N2O2/c1-22(15-20-10-5-13-23(20)14-6-11-20)21(16-24)12-9-19(25-2)17-7-3-4-8-18(17)21/h3-4,7-9,16H,5-6,10-15H2,1-2H3. The number of carbonyl (C=O) groups is 1. The molecule has 25 heavy (non-hydrogen) atoms. The van der Waals surface area contributed by atoms with Crippen molar-refractivity contribution in [3.63, 3.8) is 0 Å². The first-order valence-electron chi connectivity index (χ1n) is 9.42. The zero-order valence-corrected chi connectivity index (χ0v) is 15.3. The Morgan fingerprint density at radius 3 is 2.64 bits per heavy atom. The first-order chi connectivity index (χ1) is 12.1. The monoisotopic (exact) mass is 340 g/mol. The second-order valence-corrected chi connectivity index (χ2v) is 7.84. The first-order valence-corrected chi connectivity index (χ1v) is 9.42. The van der Waals surface area contributed by atoms with E-state index in [0.29, 0.717) is 6.42 Å². The Hall–Kier alpha value is -1.65. The number of likely N-dealkylation sites (N-methyl/N-ethyl adjacent to an activating group) is 1. The third kappa shape index (κ3) is 2.46. The first kappa shape index (κ1) is 16.8. The molecule has 2 heterocycles. The summed E-state index contributed by atoms with van der Waals surface area (Å²) in [5.41, 5.74) is 1.79. The Morgan fingerprint density at radius 2 is 1.96 bits per heavy atom. The number of carbonyl (C=O) groups excluding carboxylic acids is 1. The SMILES string of the molecule is COC1=CCC(C=O)(N(C)CC23CCCN2CCC3)c2ccccc21. The van der Waals surface area contributed by atoms with Crippen molar-refractivity contribution in [2.45, 2.75) is 43.2 Å². The lowest BCUT2D eigenvalue weighted by Crippen LogP contribution is -2.55. The molecule has 2 saturated heterocycles. The molecule has 4 heteroatoms. The molecule has 0 bridgehead atoms. The normalized spacial score (nSPS) is 27.7. The van der Waals surface area contributed by atoms with Crippen LogP contribution in [0.2, 0.25) is 0 Å².